The molecule has 0 radical (unpaired) electrons. The molecule has 3 rings (SSSR count). The average Bonchev–Trinajstić information content (AvgIpc) is 3.01. The first-order chi connectivity index (χ1) is 12.0. The number of aromatic nitrogens is 2. The molecular formula is C19H13Cl2N3O. The minimum atomic E-state index is -0.310. The first kappa shape index (κ1) is 17.2. The standard InChI is InChI=1S/C19H13Cl2N3O/c1-12-2-4-13(5-3-12)19(25)18-16(11-22)17(10-20)24(23-18)15-8-6-14(21)7-9-15/h2-9H,10H2,1H3. The predicted octanol–water partition coefficient (Wildman–Crippen LogP) is 4.68. The number of alkyl halides is 1. The number of nitriles is 1. The number of halogens is 2. The number of carbonyl (C=O) groups excluding carboxylic acids is 1. The summed E-state index contributed by atoms with van der Waals surface area (Å²) in [6.07, 6.45) is 0. The van der Waals surface area contributed by atoms with Crippen molar-refractivity contribution in [3.05, 3.63) is 81.6 Å². The number of benzene rings is 2. The Morgan fingerprint density at radius 3 is 2.36 bits per heavy atom. The highest BCUT2D eigenvalue weighted by atomic mass is 35.5. The Bertz CT molecular complexity index is 968. The first-order valence-electron chi connectivity index (χ1n) is 7.50. The van der Waals surface area contributed by atoms with E-state index in [1.165, 1.54) is 4.68 Å². The van der Waals surface area contributed by atoms with Gasteiger partial charge in [0, 0.05) is 10.6 Å². The molecule has 0 atom stereocenters. The van der Waals surface area contributed by atoms with Gasteiger partial charge < -0.3 is 0 Å². The van der Waals surface area contributed by atoms with E-state index >= 15 is 0 Å². The lowest BCUT2D eigenvalue weighted by Crippen LogP contribution is -2.05. The quantitative estimate of drug-likeness (QED) is 0.495. The maximum Gasteiger partial charge on any atom is 0.214 e. The molecule has 4 nitrogen and oxygen atoms in total. The van der Waals surface area contributed by atoms with Gasteiger partial charge in [-0.15, -0.1) is 11.6 Å². The lowest BCUT2D eigenvalue weighted by molar-refractivity contribution is 0.103. The SMILES string of the molecule is Cc1ccc(C(=O)c2nn(-c3ccc(Cl)cc3)c(CCl)c2C#N)cc1. The summed E-state index contributed by atoms with van der Waals surface area (Å²) >= 11 is 12.0. The Morgan fingerprint density at radius 1 is 1.16 bits per heavy atom. The van der Waals surface area contributed by atoms with Crippen LogP contribution in [0.3, 0.4) is 0 Å². The van der Waals surface area contributed by atoms with E-state index in [1.54, 1.807) is 36.4 Å². The van der Waals surface area contributed by atoms with Crippen molar-refractivity contribution in [2.75, 3.05) is 0 Å². The fourth-order valence-corrected chi connectivity index (χ4v) is 2.86. The average molecular weight is 370 g/mol. The van der Waals surface area contributed by atoms with E-state index in [9.17, 15) is 10.1 Å². The lowest BCUT2D eigenvalue weighted by Gasteiger charge is -2.05. The molecule has 0 amide bonds. The van der Waals surface area contributed by atoms with Gasteiger partial charge >= 0.3 is 0 Å². The third kappa shape index (κ3) is 3.30. The third-order valence-corrected chi connectivity index (χ3v) is 4.32. The smallest absolute Gasteiger partial charge is 0.214 e. The maximum absolute atomic E-state index is 12.8. The molecule has 0 fully saturated rings. The van der Waals surface area contributed by atoms with Crippen molar-refractivity contribution in [3.8, 4) is 11.8 Å². The van der Waals surface area contributed by atoms with E-state index in [2.05, 4.69) is 11.2 Å². The predicted molar refractivity (Wildman–Crippen MR) is 97.5 cm³/mol. The van der Waals surface area contributed by atoms with Gasteiger partial charge in [-0.1, -0.05) is 41.4 Å². The molecule has 1 heterocycles. The third-order valence-electron chi connectivity index (χ3n) is 3.82. The largest absolute Gasteiger partial charge is 0.287 e. The van der Waals surface area contributed by atoms with Gasteiger partial charge in [-0.05, 0) is 31.2 Å². The van der Waals surface area contributed by atoms with Crippen LogP contribution in [0.1, 0.15) is 32.9 Å². The summed E-state index contributed by atoms with van der Waals surface area (Å²) in [5.41, 5.74) is 2.96. The number of carbonyl (C=O) groups is 1. The second-order valence-electron chi connectivity index (χ2n) is 5.50. The van der Waals surface area contributed by atoms with Crippen LogP contribution in [0.25, 0.3) is 5.69 Å². The van der Waals surface area contributed by atoms with Crippen LogP contribution in [0.15, 0.2) is 48.5 Å². The highest BCUT2D eigenvalue weighted by molar-refractivity contribution is 6.30. The topological polar surface area (TPSA) is 58.7 Å². The van der Waals surface area contributed by atoms with Crippen LogP contribution in [-0.4, -0.2) is 15.6 Å². The van der Waals surface area contributed by atoms with Crippen molar-refractivity contribution in [3.63, 3.8) is 0 Å². The van der Waals surface area contributed by atoms with Gasteiger partial charge in [-0.25, -0.2) is 4.68 Å². The lowest BCUT2D eigenvalue weighted by atomic mass is 10.0. The minimum Gasteiger partial charge on any atom is -0.287 e. The van der Waals surface area contributed by atoms with Gasteiger partial charge in [0.05, 0.1) is 17.3 Å². The van der Waals surface area contributed by atoms with Crippen LogP contribution in [0.2, 0.25) is 5.02 Å². The second kappa shape index (κ2) is 7.10. The molecule has 124 valence electrons. The van der Waals surface area contributed by atoms with Crippen molar-refractivity contribution in [2.45, 2.75) is 12.8 Å². The molecule has 0 aliphatic carbocycles. The van der Waals surface area contributed by atoms with Crippen LogP contribution in [0.5, 0.6) is 0 Å². The van der Waals surface area contributed by atoms with E-state index in [0.29, 0.717) is 22.0 Å². The Kier molecular flexibility index (Phi) is 4.89. The first-order valence-corrected chi connectivity index (χ1v) is 8.41. The molecule has 0 spiro atoms. The zero-order valence-electron chi connectivity index (χ0n) is 13.3. The Balaban J connectivity index is 2.14. The maximum atomic E-state index is 12.8. The van der Waals surface area contributed by atoms with Gasteiger partial charge in [-0.3, -0.25) is 4.79 Å². The van der Waals surface area contributed by atoms with Crippen LogP contribution >= 0.6 is 23.2 Å². The Morgan fingerprint density at radius 2 is 1.80 bits per heavy atom. The second-order valence-corrected chi connectivity index (χ2v) is 6.20. The normalized spacial score (nSPS) is 10.5. The van der Waals surface area contributed by atoms with Gasteiger partial charge in [0.2, 0.25) is 5.78 Å². The Hall–Kier alpha value is -2.61. The van der Waals surface area contributed by atoms with E-state index in [4.69, 9.17) is 23.2 Å². The molecule has 0 saturated heterocycles. The van der Waals surface area contributed by atoms with Crippen molar-refractivity contribution < 1.29 is 4.79 Å². The van der Waals surface area contributed by atoms with Gasteiger partial charge in [0.15, 0.2) is 5.69 Å². The number of ketones is 1. The van der Waals surface area contributed by atoms with E-state index in [-0.39, 0.29) is 22.9 Å². The summed E-state index contributed by atoms with van der Waals surface area (Å²) in [6.45, 7) is 1.94. The van der Waals surface area contributed by atoms with Gasteiger partial charge in [0.1, 0.15) is 11.6 Å². The number of hydrogen-bond donors (Lipinski definition) is 0. The summed E-state index contributed by atoms with van der Waals surface area (Å²) in [5.74, 6) is -0.254. The molecule has 0 aliphatic rings. The molecule has 1 aromatic heterocycles. The molecule has 0 unspecified atom stereocenters. The monoisotopic (exact) mass is 369 g/mol. The van der Waals surface area contributed by atoms with Crippen LogP contribution in [0.4, 0.5) is 0 Å². The highest BCUT2D eigenvalue weighted by Gasteiger charge is 2.24. The molecular weight excluding hydrogens is 357 g/mol. The molecule has 6 heteroatoms. The number of nitrogens with zero attached hydrogens (tertiary/aromatic N) is 3. The fourth-order valence-electron chi connectivity index (χ4n) is 2.49. The van der Waals surface area contributed by atoms with E-state index in [0.717, 1.165) is 5.56 Å². The number of rotatable bonds is 4. The van der Waals surface area contributed by atoms with Crippen LogP contribution in [-0.2, 0) is 5.88 Å². The van der Waals surface area contributed by atoms with Gasteiger partial charge in [-0.2, -0.15) is 10.4 Å². The van der Waals surface area contributed by atoms with Crippen molar-refractivity contribution >= 4 is 29.0 Å². The molecule has 0 aliphatic heterocycles. The summed E-state index contributed by atoms with van der Waals surface area (Å²) in [4.78, 5) is 12.8. The molecule has 2 aromatic carbocycles. The summed E-state index contributed by atoms with van der Waals surface area (Å²) in [6, 6.07) is 16.1. The van der Waals surface area contributed by atoms with Crippen LogP contribution in [0, 0.1) is 18.3 Å². The number of hydrogen-bond acceptors (Lipinski definition) is 3. The highest BCUT2D eigenvalue weighted by Crippen LogP contribution is 2.23. The van der Waals surface area contributed by atoms with Crippen molar-refractivity contribution in [2.24, 2.45) is 0 Å². The zero-order valence-corrected chi connectivity index (χ0v) is 14.8. The molecule has 25 heavy (non-hydrogen) atoms. The minimum absolute atomic E-state index is 0.0553. The van der Waals surface area contributed by atoms with Crippen LogP contribution < -0.4 is 0 Å². The molecule has 0 bridgehead atoms. The summed E-state index contributed by atoms with van der Waals surface area (Å²) in [7, 11) is 0. The van der Waals surface area contributed by atoms with E-state index in [1.807, 2.05) is 19.1 Å². The zero-order chi connectivity index (χ0) is 18.0. The van der Waals surface area contributed by atoms with E-state index < -0.39 is 0 Å². The molecule has 0 N–H and O–H groups in total. The van der Waals surface area contributed by atoms with Crippen molar-refractivity contribution in [1.29, 1.82) is 5.26 Å². The van der Waals surface area contributed by atoms with Gasteiger partial charge in [0.25, 0.3) is 0 Å². The summed E-state index contributed by atoms with van der Waals surface area (Å²) < 4.78 is 1.52. The molecule has 3 aromatic rings. The summed E-state index contributed by atoms with van der Waals surface area (Å²) in [5, 5.41) is 14.5. The van der Waals surface area contributed by atoms with Crippen molar-refractivity contribution in [1.82, 2.24) is 9.78 Å². The Labute approximate surface area is 155 Å². The molecule has 0 saturated carbocycles. The number of aryl methyl sites for hydroxylation is 1. The fraction of sp³-hybridized carbons (Fsp3) is 0.105.